The number of fused-ring (bicyclic) bond motifs is 1. The van der Waals surface area contributed by atoms with Crippen LogP contribution in [0.1, 0.15) is 40.0 Å². The largest absolute Gasteiger partial charge is 0.307 e. The maximum absolute atomic E-state index is 13.5. The van der Waals surface area contributed by atoms with Gasteiger partial charge < -0.3 is 5.32 Å². The highest BCUT2D eigenvalue weighted by molar-refractivity contribution is 9.10. The highest BCUT2D eigenvalue weighted by Gasteiger charge is 2.23. The predicted molar refractivity (Wildman–Crippen MR) is 83.8 cm³/mol. The number of hydrogen-bond donors (Lipinski definition) is 1. The lowest BCUT2D eigenvalue weighted by atomic mass is 10.0. The van der Waals surface area contributed by atoms with Crippen LogP contribution in [0.2, 0.25) is 0 Å². The maximum Gasteiger partial charge on any atom is 0.123 e. The third kappa shape index (κ3) is 2.67. The lowest BCUT2D eigenvalue weighted by molar-refractivity contribution is 0.614. The Hall–Kier alpha value is -0.780. The zero-order valence-corrected chi connectivity index (χ0v) is 13.7. The summed E-state index contributed by atoms with van der Waals surface area (Å²) in [6, 6.07) is 4.73. The van der Waals surface area contributed by atoms with Gasteiger partial charge in [-0.1, -0.05) is 15.9 Å². The fourth-order valence-corrected chi connectivity index (χ4v) is 4.40. The number of hydrogen-bond acceptors (Lipinski definition) is 3. The average molecular weight is 355 g/mol. The first-order valence-corrected chi connectivity index (χ1v) is 8.40. The van der Waals surface area contributed by atoms with Gasteiger partial charge in [0.15, 0.2) is 0 Å². The predicted octanol–water partition coefficient (Wildman–Crippen LogP) is 4.23. The monoisotopic (exact) mass is 354 g/mol. The molecule has 1 heterocycles. The molecule has 1 atom stereocenters. The van der Waals surface area contributed by atoms with Crippen LogP contribution in [0, 0.1) is 5.82 Å². The van der Waals surface area contributed by atoms with Crippen LogP contribution < -0.4 is 5.32 Å². The molecule has 1 aliphatic rings. The molecule has 0 fully saturated rings. The van der Waals surface area contributed by atoms with Crippen LogP contribution in [0.15, 0.2) is 22.7 Å². The maximum atomic E-state index is 13.5. The number of halogens is 2. The van der Waals surface area contributed by atoms with Crippen LogP contribution in [0.3, 0.4) is 0 Å². The SMILES string of the molecule is CNC(c1nc2c(s1)CCCC2)c1cc(F)ccc1Br. The average Bonchev–Trinajstić information content (AvgIpc) is 2.87. The Kier molecular flexibility index (Phi) is 4.19. The quantitative estimate of drug-likeness (QED) is 0.891. The Balaban J connectivity index is 2.01. The molecule has 2 nitrogen and oxygen atoms in total. The number of nitrogens with zero attached hydrogens (tertiary/aromatic N) is 1. The summed E-state index contributed by atoms with van der Waals surface area (Å²) in [5.41, 5.74) is 2.14. The fourth-order valence-electron chi connectivity index (χ4n) is 2.64. The second-order valence-electron chi connectivity index (χ2n) is 5.02. The topological polar surface area (TPSA) is 24.9 Å². The van der Waals surface area contributed by atoms with Gasteiger partial charge >= 0.3 is 0 Å². The van der Waals surface area contributed by atoms with Crippen LogP contribution >= 0.6 is 27.3 Å². The molecular weight excluding hydrogens is 339 g/mol. The molecule has 0 bridgehead atoms. The molecule has 0 saturated heterocycles. The van der Waals surface area contributed by atoms with Gasteiger partial charge in [-0.3, -0.25) is 0 Å². The molecule has 3 rings (SSSR count). The molecule has 1 aromatic heterocycles. The number of nitrogens with one attached hydrogen (secondary N) is 1. The second-order valence-corrected chi connectivity index (χ2v) is 6.99. The summed E-state index contributed by atoms with van der Waals surface area (Å²) in [4.78, 5) is 6.18. The van der Waals surface area contributed by atoms with E-state index in [2.05, 4.69) is 21.2 Å². The minimum Gasteiger partial charge on any atom is -0.307 e. The van der Waals surface area contributed by atoms with Crippen molar-refractivity contribution >= 4 is 27.3 Å². The van der Waals surface area contributed by atoms with Crippen molar-refractivity contribution in [3.8, 4) is 0 Å². The van der Waals surface area contributed by atoms with Crippen molar-refractivity contribution in [1.82, 2.24) is 10.3 Å². The zero-order valence-electron chi connectivity index (χ0n) is 11.2. The molecule has 0 radical (unpaired) electrons. The Bertz CT molecular complexity index is 603. The van der Waals surface area contributed by atoms with E-state index in [9.17, 15) is 4.39 Å². The van der Waals surface area contributed by atoms with Crippen molar-refractivity contribution in [3.63, 3.8) is 0 Å². The molecular formula is C15H16BrFN2S. The van der Waals surface area contributed by atoms with Gasteiger partial charge in [0.05, 0.1) is 11.7 Å². The van der Waals surface area contributed by atoms with Gasteiger partial charge in [0, 0.05) is 9.35 Å². The van der Waals surface area contributed by atoms with Crippen molar-refractivity contribution in [2.45, 2.75) is 31.7 Å². The van der Waals surface area contributed by atoms with E-state index >= 15 is 0 Å². The fraction of sp³-hybridized carbons (Fsp3) is 0.400. The number of aryl methyl sites for hydroxylation is 2. The molecule has 0 aliphatic heterocycles. The highest BCUT2D eigenvalue weighted by Crippen LogP contribution is 2.35. The molecule has 1 unspecified atom stereocenters. The standard InChI is InChI=1S/C15H16BrFN2S/c1-18-14(10-8-9(17)6-7-11(10)16)15-19-12-4-2-3-5-13(12)20-15/h6-8,14,18H,2-5H2,1H3. The summed E-state index contributed by atoms with van der Waals surface area (Å²) < 4.78 is 14.4. The summed E-state index contributed by atoms with van der Waals surface area (Å²) in [7, 11) is 1.89. The third-order valence-corrected chi connectivity index (χ3v) is 5.61. The van der Waals surface area contributed by atoms with E-state index in [1.807, 2.05) is 7.05 Å². The normalized spacial score (nSPS) is 15.9. The van der Waals surface area contributed by atoms with Gasteiger partial charge in [-0.2, -0.15) is 0 Å². The Morgan fingerprint density at radius 1 is 1.35 bits per heavy atom. The lowest BCUT2D eigenvalue weighted by Crippen LogP contribution is -2.18. The molecule has 0 spiro atoms. The van der Waals surface area contributed by atoms with E-state index in [0.29, 0.717) is 0 Å². The Morgan fingerprint density at radius 2 is 2.15 bits per heavy atom. The molecule has 1 N–H and O–H groups in total. The third-order valence-electron chi connectivity index (χ3n) is 3.67. The first-order valence-electron chi connectivity index (χ1n) is 6.79. The Morgan fingerprint density at radius 3 is 2.90 bits per heavy atom. The summed E-state index contributed by atoms with van der Waals surface area (Å²) in [5, 5.41) is 4.30. The minimum atomic E-state index is -0.218. The van der Waals surface area contributed by atoms with E-state index in [-0.39, 0.29) is 11.9 Å². The molecule has 20 heavy (non-hydrogen) atoms. The second kappa shape index (κ2) is 5.92. The molecule has 2 aromatic rings. The van der Waals surface area contributed by atoms with E-state index in [4.69, 9.17) is 4.98 Å². The van der Waals surface area contributed by atoms with Crippen molar-refractivity contribution < 1.29 is 4.39 Å². The number of aromatic nitrogens is 1. The zero-order chi connectivity index (χ0) is 14.1. The van der Waals surface area contributed by atoms with Crippen molar-refractivity contribution in [1.29, 1.82) is 0 Å². The van der Waals surface area contributed by atoms with Crippen LogP contribution in [0.5, 0.6) is 0 Å². The van der Waals surface area contributed by atoms with Crippen molar-refractivity contribution in [2.75, 3.05) is 7.05 Å². The van der Waals surface area contributed by atoms with Crippen LogP contribution in [-0.4, -0.2) is 12.0 Å². The highest BCUT2D eigenvalue weighted by atomic mass is 79.9. The Labute approximate surface area is 130 Å². The number of rotatable bonds is 3. The summed E-state index contributed by atoms with van der Waals surface area (Å²) in [5.74, 6) is -0.218. The smallest absolute Gasteiger partial charge is 0.123 e. The first kappa shape index (κ1) is 14.2. The van der Waals surface area contributed by atoms with Gasteiger partial charge in [0.2, 0.25) is 0 Å². The number of benzene rings is 1. The summed E-state index contributed by atoms with van der Waals surface area (Å²) >= 11 is 5.27. The molecule has 1 aliphatic carbocycles. The van der Waals surface area contributed by atoms with Gasteiger partial charge in [0.1, 0.15) is 10.8 Å². The summed E-state index contributed by atoms with van der Waals surface area (Å²) in [6.07, 6.45) is 4.69. The molecule has 106 valence electrons. The summed E-state index contributed by atoms with van der Waals surface area (Å²) in [6.45, 7) is 0. The van der Waals surface area contributed by atoms with Gasteiger partial charge in [-0.25, -0.2) is 9.37 Å². The van der Waals surface area contributed by atoms with E-state index in [1.54, 1.807) is 23.5 Å². The van der Waals surface area contributed by atoms with Crippen molar-refractivity contribution in [2.24, 2.45) is 0 Å². The molecule has 0 amide bonds. The molecule has 5 heteroatoms. The van der Waals surface area contributed by atoms with E-state index < -0.39 is 0 Å². The lowest BCUT2D eigenvalue weighted by Gasteiger charge is -2.15. The van der Waals surface area contributed by atoms with Crippen LogP contribution in [0.4, 0.5) is 4.39 Å². The van der Waals surface area contributed by atoms with Crippen molar-refractivity contribution in [3.05, 3.63) is 49.6 Å². The minimum absolute atomic E-state index is 0.0596. The first-order chi connectivity index (χ1) is 9.69. The van der Waals surface area contributed by atoms with Crippen LogP contribution in [0.25, 0.3) is 0 Å². The molecule has 1 aromatic carbocycles. The van der Waals surface area contributed by atoms with E-state index in [1.165, 1.54) is 29.5 Å². The van der Waals surface area contributed by atoms with Gasteiger partial charge in [-0.05, 0) is 56.5 Å². The number of thiazole rings is 1. The van der Waals surface area contributed by atoms with Gasteiger partial charge in [0.25, 0.3) is 0 Å². The van der Waals surface area contributed by atoms with E-state index in [0.717, 1.165) is 27.9 Å². The molecule has 0 saturated carbocycles. The van der Waals surface area contributed by atoms with Crippen LogP contribution in [-0.2, 0) is 12.8 Å². The van der Waals surface area contributed by atoms with Gasteiger partial charge in [-0.15, -0.1) is 11.3 Å².